The van der Waals surface area contributed by atoms with E-state index in [9.17, 15) is 18.0 Å². The minimum absolute atomic E-state index is 0.102. The van der Waals surface area contributed by atoms with Gasteiger partial charge in [-0.3, -0.25) is 9.69 Å². The van der Waals surface area contributed by atoms with Crippen LogP contribution in [0, 0.1) is 0 Å². The number of benzene rings is 2. The number of morpholine rings is 1. The van der Waals surface area contributed by atoms with Gasteiger partial charge in [-0.25, -0.2) is 4.98 Å². The molecule has 0 bridgehead atoms. The van der Waals surface area contributed by atoms with Gasteiger partial charge in [-0.1, -0.05) is 12.1 Å². The summed E-state index contributed by atoms with van der Waals surface area (Å²) in [5.74, 6) is 0.324. The van der Waals surface area contributed by atoms with Crippen LogP contribution in [0.1, 0.15) is 24.4 Å². The van der Waals surface area contributed by atoms with Gasteiger partial charge in [0.05, 0.1) is 31.1 Å². The van der Waals surface area contributed by atoms with Gasteiger partial charge in [0.15, 0.2) is 0 Å². The Labute approximate surface area is 188 Å². The molecule has 174 valence electrons. The van der Waals surface area contributed by atoms with Gasteiger partial charge in [-0.2, -0.15) is 0 Å². The molecule has 1 fully saturated rings. The van der Waals surface area contributed by atoms with Gasteiger partial charge >= 0.3 is 6.36 Å². The van der Waals surface area contributed by atoms with E-state index in [4.69, 9.17) is 4.74 Å². The van der Waals surface area contributed by atoms with Crippen LogP contribution in [-0.2, 0) is 16.1 Å². The quantitative estimate of drug-likeness (QED) is 0.566. The smallest absolute Gasteiger partial charge is 0.406 e. The van der Waals surface area contributed by atoms with E-state index in [0.29, 0.717) is 31.0 Å². The number of amides is 1. The fraction of sp³-hybridized carbons (Fsp3) is 0.304. The van der Waals surface area contributed by atoms with Crippen molar-refractivity contribution in [2.24, 2.45) is 0 Å². The molecule has 0 radical (unpaired) electrons. The third kappa shape index (κ3) is 6.11. The van der Waals surface area contributed by atoms with Crippen molar-refractivity contribution in [2.75, 3.05) is 25.1 Å². The number of carbonyl (C=O) groups is 1. The maximum atomic E-state index is 12.4. The van der Waals surface area contributed by atoms with E-state index in [-0.39, 0.29) is 17.7 Å². The number of ether oxygens (including phenoxy) is 2. The molecule has 0 saturated carbocycles. The van der Waals surface area contributed by atoms with Crippen molar-refractivity contribution in [3.63, 3.8) is 0 Å². The van der Waals surface area contributed by atoms with Crippen molar-refractivity contribution in [1.82, 2.24) is 14.9 Å². The Morgan fingerprint density at radius 1 is 1.21 bits per heavy atom. The molecule has 1 amide bonds. The molecular formula is C23H23F3N4O3. The van der Waals surface area contributed by atoms with Gasteiger partial charge in [0.25, 0.3) is 0 Å². The zero-order valence-electron chi connectivity index (χ0n) is 17.9. The molecule has 4 rings (SSSR count). The molecule has 0 spiro atoms. The molecule has 1 aliphatic rings. The number of hydrogen-bond donors (Lipinski definition) is 2. The Morgan fingerprint density at radius 2 is 1.94 bits per heavy atom. The Morgan fingerprint density at radius 3 is 2.61 bits per heavy atom. The highest BCUT2D eigenvalue weighted by molar-refractivity contribution is 5.88. The van der Waals surface area contributed by atoms with Gasteiger partial charge in [0, 0.05) is 25.7 Å². The first kappa shape index (κ1) is 22.8. The lowest BCUT2D eigenvalue weighted by atomic mass is 10.1. The second-order valence-electron chi connectivity index (χ2n) is 7.69. The lowest BCUT2D eigenvalue weighted by Crippen LogP contribution is -2.39. The minimum atomic E-state index is -4.72. The average molecular weight is 460 g/mol. The van der Waals surface area contributed by atoms with Gasteiger partial charge in [-0.05, 0) is 47.5 Å². The standard InChI is InChI=1S/C23H23F3N4O3/c1-15(31)28-18-6-2-16(3-7-18)13-30-10-11-32-14-21(30)22-27-12-20(29-22)17-4-8-19(9-5-17)33-23(24,25)26/h2-9,12,21H,10-11,13-14H2,1H3,(H,27,29)(H,28,31). The van der Waals surface area contributed by atoms with Gasteiger partial charge in [-0.15, -0.1) is 13.2 Å². The molecule has 2 N–H and O–H groups in total. The molecule has 33 heavy (non-hydrogen) atoms. The van der Waals surface area contributed by atoms with Crippen molar-refractivity contribution in [3.8, 4) is 17.0 Å². The number of anilines is 1. The highest BCUT2D eigenvalue weighted by Crippen LogP contribution is 2.29. The summed E-state index contributed by atoms with van der Waals surface area (Å²) in [4.78, 5) is 21.2. The predicted molar refractivity (Wildman–Crippen MR) is 115 cm³/mol. The second kappa shape index (κ2) is 9.63. The third-order valence-corrected chi connectivity index (χ3v) is 5.21. The number of hydrogen-bond acceptors (Lipinski definition) is 5. The van der Waals surface area contributed by atoms with E-state index < -0.39 is 6.36 Å². The summed E-state index contributed by atoms with van der Waals surface area (Å²) >= 11 is 0. The first-order valence-corrected chi connectivity index (χ1v) is 10.4. The maximum Gasteiger partial charge on any atom is 0.573 e. The zero-order valence-corrected chi connectivity index (χ0v) is 17.9. The highest BCUT2D eigenvalue weighted by atomic mass is 19.4. The van der Waals surface area contributed by atoms with Gasteiger partial charge in [0.1, 0.15) is 11.6 Å². The number of nitrogens with one attached hydrogen (secondary N) is 2. The first-order chi connectivity index (χ1) is 15.8. The number of halogens is 3. The van der Waals surface area contributed by atoms with Crippen LogP contribution in [0.5, 0.6) is 5.75 Å². The van der Waals surface area contributed by atoms with Crippen molar-refractivity contribution in [1.29, 1.82) is 0 Å². The van der Waals surface area contributed by atoms with Crippen LogP contribution in [0.2, 0.25) is 0 Å². The van der Waals surface area contributed by atoms with Crippen LogP contribution in [-0.4, -0.2) is 46.9 Å². The number of aromatic nitrogens is 2. The number of rotatable bonds is 6. The SMILES string of the molecule is CC(=O)Nc1ccc(CN2CCOCC2c2ncc(-c3ccc(OC(F)(F)F)cc3)[nH]2)cc1. The lowest BCUT2D eigenvalue weighted by molar-refractivity contribution is -0.274. The molecule has 1 aliphatic heterocycles. The van der Waals surface area contributed by atoms with Crippen LogP contribution in [0.3, 0.4) is 0 Å². The Kier molecular flexibility index (Phi) is 6.66. The number of H-pyrrole nitrogens is 1. The zero-order chi connectivity index (χ0) is 23.4. The van der Waals surface area contributed by atoms with Crippen LogP contribution >= 0.6 is 0 Å². The van der Waals surface area contributed by atoms with Crippen LogP contribution in [0.15, 0.2) is 54.7 Å². The monoisotopic (exact) mass is 460 g/mol. The maximum absolute atomic E-state index is 12.4. The van der Waals surface area contributed by atoms with Crippen molar-refractivity contribution < 1.29 is 27.4 Å². The molecule has 1 saturated heterocycles. The molecule has 2 heterocycles. The Balaban J connectivity index is 1.46. The summed E-state index contributed by atoms with van der Waals surface area (Å²) in [6, 6.07) is 13.2. The summed E-state index contributed by atoms with van der Waals surface area (Å²) in [5.41, 5.74) is 3.21. The number of nitrogens with zero attached hydrogens (tertiary/aromatic N) is 2. The van der Waals surface area contributed by atoms with Crippen LogP contribution < -0.4 is 10.1 Å². The number of carbonyl (C=O) groups excluding carboxylic acids is 1. The van der Waals surface area contributed by atoms with E-state index in [1.807, 2.05) is 24.3 Å². The van der Waals surface area contributed by atoms with Crippen molar-refractivity contribution in [2.45, 2.75) is 25.9 Å². The molecule has 1 atom stereocenters. The Bertz CT molecular complexity index is 1080. The molecule has 2 aromatic carbocycles. The molecule has 1 aromatic heterocycles. The summed E-state index contributed by atoms with van der Waals surface area (Å²) < 4.78 is 46.7. The van der Waals surface area contributed by atoms with E-state index >= 15 is 0 Å². The number of aromatic amines is 1. The summed E-state index contributed by atoms with van der Waals surface area (Å²) in [6.45, 7) is 3.93. The van der Waals surface area contributed by atoms with Gasteiger partial charge in [0.2, 0.25) is 5.91 Å². The van der Waals surface area contributed by atoms with Crippen LogP contribution in [0.25, 0.3) is 11.3 Å². The van der Waals surface area contributed by atoms with Gasteiger partial charge < -0.3 is 19.8 Å². The fourth-order valence-corrected chi connectivity index (χ4v) is 3.70. The van der Waals surface area contributed by atoms with Crippen molar-refractivity contribution >= 4 is 11.6 Å². The molecule has 3 aromatic rings. The van der Waals surface area contributed by atoms with Crippen molar-refractivity contribution in [3.05, 3.63) is 66.1 Å². The topological polar surface area (TPSA) is 79.5 Å². The van der Waals surface area contributed by atoms with Crippen LogP contribution in [0.4, 0.5) is 18.9 Å². The minimum Gasteiger partial charge on any atom is -0.406 e. The molecule has 0 aliphatic carbocycles. The first-order valence-electron chi connectivity index (χ1n) is 10.4. The molecule has 1 unspecified atom stereocenters. The molecule has 10 heteroatoms. The van der Waals surface area contributed by atoms with E-state index in [2.05, 4.69) is 24.9 Å². The van der Waals surface area contributed by atoms with E-state index in [0.717, 1.165) is 23.6 Å². The second-order valence-corrected chi connectivity index (χ2v) is 7.69. The summed E-state index contributed by atoms with van der Waals surface area (Å²) in [7, 11) is 0. The number of imidazole rings is 1. The molecular weight excluding hydrogens is 437 g/mol. The summed E-state index contributed by atoms with van der Waals surface area (Å²) in [5, 5.41) is 2.75. The predicted octanol–water partition coefficient (Wildman–Crippen LogP) is 4.51. The number of alkyl halides is 3. The lowest BCUT2D eigenvalue weighted by Gasteiger charge is -2.34. The average Bonchev–Trinajstić information content (AvgIpc) is 3.25. The van der Waals surface area contributed by atoms with E-state index in [1.165, 1.54) is 19.1 Å². The summed E-state index contributed by atoms with van der Waals surface area (Å²) in [6.07, 6.45) is -3.07. The normalized spacial score (nSPS) is 17.0. The third-order valence-electron chi connectivity index (χ3n) is 5.21. The Hall–Kier alpha value is -3.37. The molecule has 7 nitrogen and oxygen atoms in total. The highest BCUT2D eigenvalue weighted by Gasteiger charge is 2.31. The largest absolute Gasteiger partial charge is 0.573 e. The van der Waals surface area contributed by atoms with E-state index in [1.54, 1.807) is 18.3 Å². The fourth-order valence-electron chi connectivity index (χ4n) is 3.70.